The molecule has 0 aromatic carbocycles. The van der Waals surface area contributed by atoms with Crippen LogP contribution in [0.5, 0.6) is 0 Å². The summed E-state index contributed by atoms with van der Waals surface area (Å²) in [5, 5.41) is 11.5. The Morgan fingerprint density at radius 2 is 1.78 bits per heavy atom. The van der Waals surface area contributed by atoms with Crippen LogP contribution < -0.4 is 5.32 Å². The van der Waals surface area contributed by atoms with Crippen LogP contribution in [0.25, 0.3) is 0 Å². The SMILES string of the molecule is [2H]CC1(COC(=O)CCC(=O)O)CCN(C(=O)CCCCCNC(=O)CCCCC#C)CC1. The fourth-order valence-electron chi connectivity index (χ4n) is 3.45. The number of esters is 1. The van der Waals surface area contributed by atoms with Crippen LogP contribution in [0.1, 0.15) is 85.3 Å². The monoisotopic (exact) mass is 451 g/mol. The van der Waals surface area contributed by atoms with Gasteiger partial charge in [-0.1, -0.05) is 13.3 Å². The minimum Gasteiger partial charge on any atom is -0.481 e. The number of nitrogens with one attached hydrogen (secondary N) is 1. The molecule has 8 nitrogen and oxygen atoms in total. The molecule has 1 rings (SSSR count). The summed E-state index contributed by atoms with van der Waals surface area (Å²) >= 11 is 0. The Morgan fingerprint density at radius 3 is 2.44 bits per heavy atom. The number of carboxylic acids is 1. The zero-order valence-electron chi connectivity index (χ0n) is 20.0. The Hall–Kier alpha value is -2.56. The van der Waals surface area contributed by atoms with E-state index in [-0.39, 0.29) is 38.2 Å². The number of likely N-dealkylation sites (tertiary alicyclic amines) is 1. The van der Waals surface area contributed by atoms with E-state index in [1.807, 2.05) is 0 Å². The van der Waals surface area contributed by atoms with E-state index >= 15 is 0 Å². The van der Waals surface area contributed by atoms with E-state index in [9.17, 15) is 19.2 Å². The number of hydrogen-bond acceptors (Lipinski definition) is 5. The third-order valence-electron chi connectivity index (χ3n) is 5.62. The first-order chi connectivity index (χ1) is 15.8. The van der Waals surface area contributed by atoms with Gasteiger partial charge in [-0.05, 0) is 38.5 Å². The van der Waals surface area contributed by atoms with Crippen molar-refractivity contribution in [1.29, 1.82) is 0 Å². The summed E-state index contributed by atoms with van der Waals surface area (Å²) in [7, 11) is 0. The van der Waals surface area contributed by atoms with Gasteiger partial charge in [-0.2, -0.15) is 0 Å². The highest BCUT2D eigenvalue weighted by Crippen LogP contribution is 2.31. The number of amides is 2. The smallest absolute Gasteiger partial charge is 0.306 e. The molecular formula is C24H38N2O6. The maximum absolute atomic E-state index is 12.5. The number of rotatable bonds is 15. The Bertz CT molecular complexity index is 683. The average Bonchev–Trinajstić information content (AvgIpc) is 2.81. The van der Waals surface area contributed by atoms with Gasteiger partial charge in [0, 0.05) is 45.7 Å². The van der Waals surface area contributed by atoms with Crippen molar-refractivity contribution in [2.24, 2.45) is 5.41 Å². The van der Waals surface area contributed by atoms with Crippen molar-refractivity contribution in [3.63, 3.8) is 0 Å². The minimum absolute atomic E-state index is 0.0434. The summed E-state index contributed by atoms with van der Waals surface area (Å²) in [5.41, 5.74) is -0.477. The first-order valence-electron chi connectivity index (χ1n) is 12.2. The summed E-state index contributed by atoms with van der Waals surface area (Å²) in [6.07, 6.45) is 11.7. The molecule has 0 aromatic rings. The van der Waals surface area contributed by atoms with Crippen LogP contribution in [-0.2, 0) is 23.9 Å². The van der Waals surface area contributed by atoms with E-state index in [0.717, 1.165) is 32.1 Å². The summed E-state index contributed by atoms with van der Waals surface area (Å²) < 4.78 is 13.1. The highest BCUT2D eigenvalue weighted by Gasteiger charge is 2.33. The van der Waals surface area contributed by atoms with Gasteiger partial charge in [-0.3, -0.25) is 19.2 Å². The Labute approximate surface area is 192 Å². The molecule has 0 spiro atoms. The highest BCUT2D eigenvalue weighted by atomic mass is 16.5. The fraction of sp³-hybridized carbons (Fsp3) is 0.750. The summed E-state index contributed by atoms with van der Waals surface area (Å²) in [5.74, 6) is 1.07. The van der Waals surface area contributed by atoms with E-state index in [4.69, 9.17) is 17.6 Å². The molecule has 0 saturated carbocycles. The van der Waals surface area contributed by atoms with E-state index in [1.54, 1.807) is 4.90 Å². The zero-order chi connectivity index (χ0) is 24.5. The third kappa shape index (κ3) is 12.3. The lowest BCUT2D eigenvalue weighted by Crippen LogP contribution is -2.44. The van der Waals surface area contributed by atoms with Crippen molar-refractivity contribution in [3.05, 3.63) is 0 Å². The van der Waals surface area contributed by atoms with Crippen LogP contribution in [-0.4, -0.2) is 60.0 Å². The molecule has 2 amide bonds. The van der Waals surface area contributed by atoms with Gasteiger partial charge in [0.05, 0.1) is 19.4 Å². The number of carbonyl (C=O) groups excluding carboxylic acids is 3. The van der Waals surface area contributed by atoms with Crippen LogP contribution in [0.15, 0.2) is 0 Å². The molecule has 1 aliphatic rings. The van der Waals surface area contributed by atoms with Gasteiger partial charge >= 0.3 is 11.9 Å². The van der Waals surface area contributed by atoms with Crippen molar-refractivity contribution in [2.45, 2.75) is 83.9 Å². The van der Waals surface area contributed by atoms with Crippen molar-refractivity contribution in [2.75, 3.05) is 26.2 Å². The summed E-state index contributed by atoms with van der Waals surface area (Å²) in [4.78, 5) is 48.2. The van der Waals surface area contributed by atoms with Crippen LogP contribution in [0.2, 0.25) is 0 Å². The second-order valence-electron chi connectivity index (χ2n) is 8.51. The minimum atomic E-state index is -1.05. The van der Waals surface area contributed by atoms with Crippen molar-refractivity contribution >= 4 is 23.8 Å². The van der Waals surface area contributed by atoms with Crippen molar-refractivity contribution in [1.82, 2.24) is 10.2 Å². The van der Waals surface area contributed by atoms with Gasteiger partial charge in [0.2, 0.25) is 11.8 Å². The highest BCUT2D eigenvalue weighted by molar-refractivity contribution is 5.77. The van der Waals surface area contributed by atoms with Gasteiger partial charge in [0.25, 0.3) is 0 Å². The van der Waals surface area contributed by atoms with Crippen LogP contribution in [0.3, 0.4) is 0 Å². The lowest BCUT2D eigenvalue weighted by Gasteiger charge is -2.39. The normalized spacial score (nSPS) is 15.3. The largest absolute Gasteiger partial charge is 0.481 e. The van der Waals surface area contributed by atoms with Gasteiger partial charge in [-0.15, -0.1) is 12.3 Å². The number of nitrogens with zero attached hydrogens (tertiary/aromatic N) is 1. The molecule has 1 saturated heterocycles. The predicted octanol–water partition coefficient (Wildman–Crippen LogP) is 2.89. The molecule has 0 radical (unpaired) electrons. The lowest BCUT2D eigenvalue weighted by molar-refractivity contribution is -0.151. The van der Waals surface area contributed by atoms with Crippen molar-refractivity contribution < 1.29 is 30.4 Å². The number of unbranched alkanes of at least 4 members (excludes halogenated alkanes) is 4. The van der Waals surface area contributed by atoms with Gasteiger partial charge in [0.15, 0.2) is 0 Å². The topological polar surface area (TPSA) is 113 Å². The van der Waals surface area contributed by atoms with Gasteiger partial charge in [-0.25, -0.2) is 0 Å². The Kier molecular flexibility index (Phi) is 12.3. The number of carbonyl (C=O) groups is 4. The molecule has 0 unspecified atom stereocenters. The summed E-state index contributed by atoms with van der Waals surface area (Å²) in [6, 6.07) is 0. The zero-order valence-corrected chi connectivity index (χ0v) is 19.0. The van der Waals surface area contributed by atoms with E-state index in [1.165, 1.54) is 0 Å². The van der Waals surface area contributed by atoms with Crippen molar-refractivity contribution in [3.8, 4) is 12.3 Å². The average molecular weight is 452 g/mol. The van der Waals surface area contributed by atoms with Gasteiger partial charge < -0.3 is 20.1 Å². The van der Waals surface area contributed by atoms with Crippen LogP contribution in [0, 0.1) is 17.8 Å². The van der Waals surface area contributed by atoms with E-state index in [0.29, 0.717) is 51.7 Å². The molecular weight excluding hydrogens is 412 g/mol. The Morgan fingerprint density at radius 1 is 1.06 bits per heavy atom. The number of ether oxygens (including phenoxy) is 1. The number of terminal acetylenes is 1. The molecule has 8 heteroatoms. The molecule has 0 bridgehead atoms. The standard InChI is InChI=1S/C24H38N2O6/c1-3-4-5-7-10-20(27)25-16-9-6-8-11-21(28)26-17-14-24(2,15-18-26)19-32-23(31)13-12-22(29)30/h1H,4-19H2,2H3,(H,25,27)(H,29,30)/i2D. The second kappa shape index (κ2) is 15.3. The lowest BCUT2D eigenvalue weighted by atomic mass is 9.81. The Balaban J connectivity index is 2.17. The first kappa shape index (κ1) is 25.7. The van der Waals surface area contributed by atoms with E-state index in [2.05, 4.69) is 11.2 Å². The van der Waals surface area contributed by atoms with Crippen LogP contribution >= 0.6 is 0 Å². The number of piperidine rings is 1. The molecule has 1 heterocycles. The molecule has 180 valence electrons. The molecule has 0 aliphatic carbocycles. The fourth-order valence-corrected chi connectivity index (χ4v) is 3.45. The molecule has 1 fully saturated rings. The van der Waals surface area contributed by atoms with Crippen LogP contribution in [0.4, 0.5) is 0 Å². The maximum Gasteiger partial charge on any atom is 0.306 e. The van der Waals surface area contributed by atoms with Gasteiger partial charge in [0.1, 0.15) is 0 Å². The maximum atomic E-state index is 12.5. The molecule has 0 aromatic heterocycles. The number of carboxylic acid groups (broad SMARTS) is 1. The van der Waals surface area contributed by atoms with E-state index < -0.39 is 17.4 Å². The third-order valence-corrected chi connectivity index (χ3v) is 5.62. The number of aliphatic carboxylic acids is 1. The second-order valence-corrected chi connectivity index (χ2v) is 8.51. The number of hydrogen-bond donors (Lipinski definition) is 2. The predicted molar refractivity (Wildman–Crippen MR) is 121 cm³/mol. The first-order valence-corrected chi connectivity index (χ1v) is 11.5. The summed E-state index contributed by atoms with van der Waals surface area (Å²) in [6.45, 7) is 1.85. The quantitative estimate of drug-likeness (QED) is 0.225. The molecule has 2 N–H and O–H groups in total. The molecule has 1 aliphatic heterocycles. The molecule has 32 heavy (non-hydrogen) atoms. The molecule has 0 atom stereocenters.